The number of hydrogen-bond acceptors (Lipinski definition) is 1. The summed E-state index contributed by atoms with van der Waals surface area (Å²) >= 11 is 0. The average molecular weight is 732 g/mol. The summed E-state index contributed by atoms with van der Waals surface area (Å²) in [6.07, 6.45) is 0. The lowest BCUT2D eigenvalue weighted by molar-refractivity contribution is 1.18. The summed E-state index contributed by atoms with van der Waals surface area (Å²) in [5.74, 6) is 0. The van der Waals surface area contributed by atoms with Crippen molar-refractivity contribution in [2.45, 2.75) is 0 Å². The number of anilines is 3. The molecule has 9 aromatic carbocycles. The second-order valence-corrected chi connectivity index (χ2v) is 12.9. The molecule has 0 aliphatic rings. The molecule has 1 aromatic heterocycles. The molecule has 10 aromatic rings. The molecular weight excluding hydrogens is 677 g/mol. The molecule has 0 aliphatic heterocycles. The summed E-state index contributed by atoms with van der Waals surface area (Å²) in [6, 6.07) is 25.8. The second kappa shape index (κ2) is 14.4. The summed E-state index contributed by atoms with van der Waals surface area (Å²) < 4.78 is 156. The molecule has 56 heavy (non-hydrogen) atoms. The predicted octanol–water partition coefficient (Wildman–Crippen LogP) is 14.9. The fraction of sp³-hybridized carbons (Fsp3) is 0. The molecule has 0 fully saturated rings. The number of fused-ring (bicyclic) bond motifs is 3. The highest BCUT2D eigenvalue weighted by Crippen LogP contribution is 2.40. The third-order valence-corrected chi connectivity index (χ3v) is 9.57. The smallest absolute Gasteiger partial charge is 0.0645 e. The van der Waals surface area contributed by atoms with E-state index < -0.39 is 136 Å². The molecule has 0 N–H and O–H groups in total. The summed E-state index contributed by atoms with van der Waals surface area (Å²) in [5, 5.41) is 1.68. The van der Waals surface area contributed by atoms with Crippen LogP contribution < -0.4 is 4.90 Å². The van der Waals surface area contributed by atoms with Gasteiger partial charge in [-0.15, -0.1) is 0 Å². The topological polar surface area (TPSA) is 8.17 Å². The lowest BCUT2D eigenvalue weighted by Crippen LogP contribution is -2.09. The van der Waals surface area contributed by atoms with Gasteiger partial charge in [-0.25, -0.2) is 0 Å². The van der Waals surface area contributed by atoms with Crippen molar-refractivity contribution in [2.24, 2.45) is 0 Å². The van der Waals surface area contributed by atoms with Crippen LogP contribution in [0.5, 0.6) is 0 Å². The van der Waals surface area contributed by atoms with E-state index in [9.17, 15) is 11.0 Å². The molecule has 2 nitrogen and oxygen atoms in total. The fourth-order valence-electron chi connectivity index (χ4n) is 6.95. The van der Waals surface area contributed by atoms with Gasteiger partial charge in [-0.2, -0.15) is 0 Å². The van der Waals surface area contributed by atoms with Crippen LogP contribution in [0.15, 0.2) is 230 Å². The second-order valence-electron chi connectivity index (χ2n) is 12.9. The van der Waals surface area contributed by atoms with Gasteiger partial charge in [0.25, 0.3) is 0 Å². The van der Waals surface area contributed by atoms with Crippen molar-refractivity contribution in [3.8, 4) is 50.2 Å². The number of para-hydroxylation sites is 2. The first-order valence-electron chi connectivity index (χ1n) is 26.3. The van der Waals surface area contributed by atoms with Crippen molar-refractivity contribution in [1.82, 2.24) is 4.57 Å². The van der Waals surface area contributed by atoms with Crippen molar-refractivity contribution in [3.63, 3.8) is 0 Å². The first-order valence-corrected chi connectivity index (χ1v) is 17.8. The van der Waals surface area contributed by atoms with Gasteiger partial charge in [0.1, 0.15) is 0 Å². The van der Waals surface area contributed by atoms with Gasteiger partial charge >= 0.3 is 0 Å². The Balaban J connectivity index is 1.22. The lowest BCUT2D eigenvalue weighted by Gasteiger charge is -2.26. The zero-order valence-corrected chi connectivity index (χ0v) is 29.5. The highest BCUT2D eigenvalue weighted by Gasteiger charge is 2.16. The molecule has 264 valence electrons. The first kappa shape index (κ1) is 19.8. The third kappa shape index (κ3) is 6.14. The number of benzene rings is 9. The largest absolute Gasteiger partial charge is 0.311 e. The summed E-state index contributed by atoms with van der Waals surface area (Å²) in [6.45, 7) is 0. The molecular formula is C54H38N2. The summed E-state index contributed by atoms with van der Waals surface area (Å²) in [4.78, 5) is 1.11. The van der Waals surface area contributed by atoms with Crippen molar-refractivity contribution in [2.75, 3.05) is 4.90 Å². The maximum atomic E-state index is 9.66. The van der Waals surface area contributed by atoms with E-state index in [1.54, 1.807) is 30.3 Å². The summed E-state index contributed by atoms with van der Waals surface area (Å²) in [7, 11) is 0. The van der Waals surface area contributed by atoms with Crippen LogP contribution in [0, 0.1) is 0 Å². The first-order chi connectivity index (χ1) is 34.9. The van der Waals surface area contributed by atoms with Crippen molar-refractivity contribution in [3.05, 3.63) is 230 Å². The normalized spacial score (nSPS) is 15.5. The molecule has 0 amide bonds. The molecule has 0 atom stereocenters. The van der Waals surface area contributed by atoms with E-state index in [1.165, 1.54) is 0 Å². The lowest BCUT2D eigenvalue weighted by atomic mass is 9.94. The van der Waals surface area contributed by atoms with Crippen LogP contribution in [-0.2, 0) is 0 Å². The van der Waals surface area contributed by atoms with E-state index in [4.69, 9.17) is 12.3 Å². The quantitative estimate of drug-likeness (QED) is 0.151. The number of rotatable bonds is 8. The van der Waals surface area contributed by atoms with Crippen LogP contribution in [0.3, 0.4) is 0 Å². The van der Waals surface area contributed by atoms with E-state index >= 15 is 0 Å². The Hall–Kier alpha value is -7.42. The standard InChI is InChI=1S/C54H38N2/c1-4-14-39(15-5-1)40-24-31-46(32-25-40)55(48-35-28-43(29-36-48)50-21-11-10-20-49(50)42-16-6-2-7-17-42)47-33-26-41(27-34-47)44-30-37-54-52(38-44)51-22-12-13-23-53(51)56(54)45-18-8-3-9-19-45/h1-38H/i2D,6D,7D,10D,11D,16D,17D,20D,21D,26D,27D,28D,29D,33D,34D,35D,36D. The molecule has 0 saturated carbocycles. The molecule has 1 heterocycles. The van der Waals surface area contributed by atoms with Crippen molar-refractivity contribution < 1.29 is 23.3 Å². The van der Waals surface area contributed by atoms with Gasteiger partial charge < -0.3 is 9.47 Å². The van der Waals surface area contributed by atoms with E-state index in [-0.39, 0.29) is 11.3 Å². The van der Waals surface area contributed by atoms with Crippen LogP contribution in [0.1, 0.15) is 23.3 Å². The van der Waals surface area contributed by atoms with E-state index in [1.807, 2.05) is 97.1 Å². The SMILES string of the molecule is [2H]c1c([2H])c([2H])c(-c2c([2H])c([2H])c([2H])c([2H])c2-c2c([2H])c([2H])c(N(c3ccc(-c4ccccc4)cc3)c3c([2H])c([2H])c(-c4ccc5c(c4)c4ccccc4n5-c4ccccc4)c([2H])c3[2H])c([2H])c2[2H])c([2H])c1[2H]. The molecule has 0 bridgehead atoms. The minimum atomic E-state index is -0.879. The van der Waals surface area contributed by atoms with Crippen LogP contribution in [0.25, 0.3) is 72.0 Å². The molecule has 10 rings (SSSR count). The third-order valence-electron chi connectivity index (χ3n) is 9.57. The number of aromatic nitrogens is 1. The molecule has 0 spiro atoms. The van der Waals surface area contributed by atoms with E-state index in [2.05, 4.69) is 4.57 Å². The van der Waals surface area contributed by atoms with Gasteiger partial charge in [0.2, 0.25) is 0 Å². The Morgan fingerprint density at radius 3 is 1.54 bits per heavy atom. The van der Waals surface area contributed by atoms with E-state index in [0.29, 0.717) is 5.56 Å². The summed E-state index contributed by atoms with van der Waals surface area (Å²) in [5.41, 5.74) is 1.05. The Kier molecular flexibility index (Phi) is 5.10. The van der Waals surface area contributed by atoms with Crippen molar-refractivity contribution in [1.29, 1.82) is 0 Å². The van der Waals surface area contributed by atoms with Crippen LogP contribution in [0.4, 0.5) is 17.1 Å². The zero-order chi connectivity index (χ0) is 52.1. The van der Waals surface area contributed by atoms with Gasteiger partial charge in [-0.1, -0.05) is 163 Å². The Morgan fingerprint density at radius 2 is 0.857 bits per heavy atom. The fourth-order valence-corrected chi connectivity index (χ4v) is 6.95. The molecule has 0 saturated heterocycles. The highest BCUT2D eigenvalue weighted by atomic mass is 15.1. The Bertz CT molecular complexity index is 3850. The zero-order valence-electron chi connectivity index (χ0n) is 46.5. The monoisotopic (exact) mass is 731 g/mol. The van der Waals surface area contributed by atoms with Gasteiger partial charge in [-0.3, -0.25) is 0 Å². The van der Waals surface area contributed by atoms with Gasteiger partial charge in [0.05, 0.1) is 34.3 Å². The van der Waals surface area contributed by atoms with E-state index in [0.717, 1.165) is 43.5 Å². The Labute approximate surface area is 351 Å². The average Bonchev–Trinajstić information content (AvgIpc) is 3.74. The minimum Gasteiger partial charge on any atom is -0.311 e. The molecule has 2 heteroatoms. The maximum Gasteiger partial charge on any atom is 0.0645 e. The molecule has 0 radical (unpaired) electrons. The molecule has 0 unspecified atom stereocenters. The minimum absolute atomic E-state index is 0.0372. The maximum absolute atomic E-state index is 9.66. The van der Waals surface area contributed by atoms with Gasteiger partial charge in [0, 0.05) is 33.5 Å². The van der Waals surface area contributed by atoms with Crippen molar-refractivity contribution >= 4 is 38.9 Å². The number of nitrogens with zero attached hydrogens (tertiary/aromatic N) is 2. The number of hydrogen-bond donors (Lipinski definition) is 0. The van der Waals surface area contributed by atoms with Crippen LogP contribution >= 0.6 is 0 Å². The highest BCUT2D eigenvalue weighted by molar-refractivity contribution is 6.10. The molecule has 0 aliphatic carbocycles. The van der Waals surface area contributed by atoms with Gasteiger partial charge in [-0.05, 0) is 111 Å². The van der Waals surface area contributed by atoms with Gasteiger partial charge in [0.15, 0.2) is 0 Å². The van der Waals surface area contributed by atoms with Crippen LogP contribution in [0.2, 0.25) is 0 Å². The predicted molar refractivity (Wildman–Crippen MR) is 237 cm³/mol. The van der Waals surface area contributed by atoms with Crippen LogP contribution in [-0.4, -0.2) is 4.57 Å². The Morgan fingerprint density at radius 1 is 0.339 bits per heavy atom.